The van der Waals surface area contributed by atoms with E-state index in [0.717, 1.165) is 45.1 Å². The minimum atomic E-state index is -0.136. The monoisotopic (exact) mass is 299 g/mol. The highest BCUT2D eigenvalue weighted by Gasteiger charge is 2.43. The maximum absolute atomic E-state index is 9.41. The third-order valence-electron chi connectivity index (χ3n) is 5.77. The molecule has 0 saturated heterocycles. The van der Waals surface area contributed by atoms with Gasteiger partial charge in [0.1, 0.15) is 5.60 Å². The van der Waals surface area contributed by atoms with Crippen LogP contribution in [-0.2, 0) is 23.2 Å². The average molecular weight is 299 g/mol. The highest BCUT2D eigenvalue weighted by molar-refractivity contribution is 5.88. The minimum absolute atomic E-state index is 0.136. The summed E-state index contributed by atoms with van der Waals surface area (Å²) < 4.78 is 6.32. The highest BCUT2D eigenvalue weighted by atomic mass is 16.5. The van der Waals surface area contributed by atoms with Crippen molar-refractivity contribution in [1.29, 1.82) is 0 Å². The molecule has 0 bridgehead atoms. The molecule has 1 aliphatic carbocycles. The van der Waals surface area contributed by atoms with E-state index in [1.54, 1.807) is 0 Å². The van der Waals surface area contributed by atoms with E-state index >= 15 is 0 Å². The number of aryl methyl sites for hydroxylation is 1. The Morgan fingerprint density at radius 2 is 2.14 bits per heavy atom. The predicted molar refractivity (Wildman–Crippen MR) is 88.1 cm³/mol. The van der Waals surface area contributed by atoms with Crippen LogP contribution in [0, 0.1) is 5.92 Å². The Kier molecular flexibility index (Phi) is 3.50. The number of hydrogen-bond donors (Lipinski definition) is 2. The van der Waals surface area contributed by atoms with E-state index in [4.69, 9.17) is 4.74 Å². The van der Waals surface area contributed by atoms with E-state index in [1.807, 2.05) is 0 Å². The summed E-state index contributed by atoms with van der Waals surface area (Å²) in [5.41, 5.74) is 5.36. The molecule has 1 saturated carbocycles. The molecule has 0 radical (unpaired) electrons. The average Bonchev–Trinajstić information content (AvgIpc) is 2.96. The fraction of sp³-hybridized carbons (Fsp3) is 0.579. The lowest BCUT2D eigenvalue weighted by molar-refractivity contribution is -0.0976. The van der Waals surface area contributed by atoms with Gasteiger partial charge >= 0.3 is 0 Å². The first-order valence-electron chi connectivity index (χ1n) is 8.65. The van der Waals surface area contributed by atoms with Crippen LogP contribution >= 0.6 is 0 Å². The van der Waals surface area contributed by atoms with Crippen molar-refractivity contribution in [2.75, 3.05) is 13.2 Å². The number of nitrogens with one attached hydrogen (secondary N) is 1. The predicted octanol–water partition coefficient (Wildman–Crippen LogP) is 3.68. The van der Waals surface area contributed by atoms with Gasteiger partial charge in [-0.3, -0.25) is 0 Å². The van der Waals surface area contributed by atoms with Crippen LogP contribution in [-0.4, -0.2) is 23.3 Å². The Bertz CT molecular complexity index is 680. The zero-order valence-corrected chi connectivity index (χ0v) is 13.3. The number of fused-ring (bicyclic) bond motifs is 4. The second kappa shape index (κ2) is 5.39. The SMILES string of the molecule is CCc1cccc2c3c([nH]c12)C1(CCC(CO)CC1)OCC3. The van der Waals surface area contributed by atoms with Crippen molar-refractivity contribution in [3.05, 3.63) is 35.0 Å². The van der Waals surface area contributed by atoms with E-state index in [2.05, 4.69) is 30.1 Å². The second-order valence-electron chi connectivity index (χ2n) is 6.89. The van der Waals surface area contributed by atoms with Crippen molar-refractivity contribution in [1.82, 2.24) is 4.98 Å². The third-order valence-corrected chi connectivity index (χ3v) is 5.77. The molecule has 1 spiro atoms. The molecule has 22 heavy (non-hydrogen) atoms. The lowest BCUT2D eigenvalue weighted by atomic mass is 9.75. The van der Waals surface area contributed by atoms with Gasteiger partial charge in [0.05, 0.1) is 12.3 Å². The molecule has 4 rings (SSSR count). The van der Waals surface area contributed by atoms with Crippen LogP contribution in [0.2, 0.25) is 0 Å². The molecule has 0 amide bonds. The number of para-hydroxylation sites is 1. The van der Waals surface area contributed by atoms with Crippen molar-refractivity contribution in [2.45, 2.75) is 51.0 Å². The standard InChI is InChI=1S/C19H25NO2/c1-2-14-4-3-5-15-16-8-11-22-19(18(16)20-17(14)15)9-6-13(12-21)7-10-19/h3-5,13,20-21H,2,6-12H2,1H3. The molecule has 1 fully saturated rings. The molecule has 1 aliphatic heterocycles. The summed E-state index contributed by atoms with van der Waals surface area (Å²) in [4.78, 5) is 3.74. The van der Waals surface area contributed by atoms with Crippen LogP contribution in [0.4, 0.5) is 0 Å². The van der Waals surface area contributed by atoms with Gasteiger partial charge in [-0.15, -0.1) is 0 Å². The number of aromatic nitrogens is 1. The summed E-state index contributed by atoms with van der Waals surface area (Å²) in [6.07, 6.45) is 6.24. The van der Waals surface area contributed by atoms with Gasteiger partial charge in [0.2, 0.25) is 0 Å². The fourth-order valence-corrected chi connectivity index (χ4v) is 4.42. The van der Waals surface area contributed by atoms with E-state index in [0.29, 0.717) is 12.5 Å². The van der Waals surface area contributed by atoms with E-state index < -0.39 is 0 Å². The van der Waals surface area contributed by atoms with Crippen LogP contribution in [0.1, 0.15) is 49.4 Å². The Balaban J connectivity index is 1.81. The molecule has 1 aromatic heterocycles. The van der Waals surface area contributed by atoms with E-state index in [-0.39, 0.29) is 5.60 Å². The van der Waals surface area contributed by atoms with E-state index in [9.17, 15) is 5.11 Å². The van der Waals surface area contributed by atoms with Crippen molar-refractivity contribution in [2.24, 2.45) is 5.92 Å². The number of aromatic amines is 1. The molecular weight excluding hydrogens is 274 g/mol. The molecule has 118 valence electrons. The fourth-order valence-electron chi connectivity index (χ4n) is 4.42. The summed E-state index contributed by atoms with van der Waals surface area (Å²) in [5, 5.41) is 10.8. The lowest BCUT2D eigenvalue weighted by Crippen LogP contribution is -2.39. The van der Waals surface area contributed by atoms with Crippen LogP contribution in [0.25, 0.3) is 10.9 Å². The van der Waals surface area contributed by atoms with Crippen molar-refractivity contribution in [3.63, 3.8) is 0 Å². The maximum atomic E-state index is 9.41. The Hall–Kier alpha value is -1.32. The number of benzene rings is 1. The normalized spacial score (nSPS) is 28.2. The number of aliphatic hydroxyl groups excluding tert-OH is 1. The minimum Gasteiger partial charge on any atom is -0.396 e. The van der Waals surface area contributed by atoms with Gasteiger partial charge in [0, 0.05) is 17.5 Å². The van der Waals surface area contributed by atoms with Gasteiger partial charge < -0.3 is 14.8 Å². The third kappa shape index (κ3) is 2.03. The first-order valence-corrected chi connectivity index (χ1v) is 8.65. The number of rotatable bonds is 2. The first kappa shape index (κ1) is 14.3. The highest BCUT2D eigenvalue weighted by Crippen LogP contribution is 2.47. The summed E-state index contributed by atoms with van der Waals surface area (Å²) in [6.45, 7) is 3.35. The van der Waals surface area contributed by atoms with Crippen LogP contribution in [0.3, 0.4) is 0 Å². The molecule has 2 aromatic rings. The van der Waals surface area contributed by atoms with Crippen LogP contribution in [0.15, 0.2) is 18.2 Å². The molecular formula is C19H25NO2. The lowest BCUT2D eigenvalue weighted by Gasteiger charge is -2.42. The van der Waals surface area contributed by atoms with Gasteiger partial charge in [0.15, 0.2) is 0 Å². The Labute approximate surface area is 131 Å². The molecule has 1 aromatic carbocycles. The molecule has 0 atom stereocenters. The van der Waals surface area contributed by atoms with Crippen molar-refractivity contribution >= 4 is 10.9 Å². The summed E-state index contributed by atoms with van der Waals surface area (Å²) >= 11 is 0. The van der Waals surface area contributed by atoms with Crippen LogP contribution in [0.5, 0.6) is 0 Å². The van der Waals surface area contributed by atoms with Crippen molar-refractivity contribution < 1.29 is 9.84 Å². The molecule has 3 nitrogen and oxygen atoms in total. The summed E-state index contributed by atoms with van der Waals surface area (Å²) in [5.74, 6) is 0.454. The summed E-state index contributed by atoms with van der Waals surface area (Å²) in [6, 6.07) is 6.66. The quantitative estimate of drug-likeness (QED) is 0.888. The second-order valence-corrected chi connectivity index (χ2v) is 6.89. The summed E-state index contributed by atoms with van der Waals surface area (Å²) in [7, 11) is 0. The molecule has 2 heterocycles. The Morgan fingerprint density at radius 3 is 2.86 bits per heavy atom. The zero-order valence-electron chi connectivity index (χ0n) is 13.3. The van der Waals surface area contributed by atoms with Gasteiger partial charge in [-0.25, -0.2) is 0 Å². The number of H-pyrrole nitrogens is 1. The molecule has 0 unspecified atom stereocenters. The van der Waals surface area contributed by atoms with Crippen molar-refractivity contribution in [3.8, 4) is 0 Å². The largest absolute Gasteiger partial charge is 0.396 e. The van der Waals surface area contributed by atoms with Gasteiger partial charge in [-0.2, -0.15) is 0 Å². The topological polar surface area (TPSA) is 45.2 Å². The van der Waals surface area contributed by atoms with Gasteiger partial charge in [0.25, 0.3) is 0 Å². The van der Waals surface area contributed by atoms with Gasteiger partial charge in [-0.05, 0) is 55.6 Å². The molecule has 2 aliphatic rings. The number of ether oxygens (including phenoxy) is 1. The first-order chi connectivity index (χ1) is 10.8. The Morgan fingerprint density at radius 1 is 1.32 bits per heavy atom. The molecule has 2 N–H and O–H groups in total. The van der Waals surface area contributed by atoms with E-state index in [1.165, 1.54) is 27.7 Å². The number of aliphatic hydroxyl groups is 1. The smallest absolute Gasteiger partial charge is 0.108 e. The van der Waals surface area contributed by atoms with Crippen LogP contribution < -0.4 is 0 Å². The number of hydrogen-bond acceptors (Lipinski definition) is 2. The molecule has 3 heteroatoms. The van der Waals surface area contributed by atoms with Gasteiger partial charge in [-0.1, -0.05) is 25.1 Å². The maximum Gasteiger partial charge on any atom is 0.108 e. The zero-order chi connectivity index (χ0) is 15.2.